The van der Waals surface area contributed by atoms with Gasteiger partial charge in [0.05, 0.1) is 16.3 Å². The predicted molar refractivity (Wildman–Crippen MR) is 87.6 cm³/mol. The van der Waals surface area contributed by atoms with Crippen LogP contribution in [0.25, 0.3) is 10.7 Å². The van der Waals surface area contributed by atoms with Crippen LogP contribution in [0, 0.1) is 13.8 Å². The Morgan fingerprint density at radius 3 is 2.78 bits per heavy atom. The molecule has 120 valence electrons. The molecule has 0 fully saturated rings. The summed E-state index contributed by atoms with van der Waals surface area (Å²) in [6, 6.07) is 8.95. The van der Waals surface area contributed by atoms with Crippen molar-refractivity contribution in [3.8, 4) is 10.7 Å². The highest BCUT2D eigenvalue weighted by Gasteiger charge is 2.18. The van der Waals surface area contributed by atoms with Crippen molar-refractivity contribution in [2.24, 2.45) is 0 Å². The van der Waals surface area contributed by atoms with E-state index in [9.17, 15) is 8.42 Å². The van der Waals surface area contributed by atoms with Gasteiger partial charge < -0.3 is 4.52 Å². The number of sulfonamides is 1. The zero-order valence-corrected chi connectivity index (χ0v) is 14.2. The van der Waals surface area contributed by atoms with Crippen LogP contribution < -0.4 is 4.72 Å². The van der Waals surface area contributed by atoms with Crippen molar-refractivity contribution in [2.75, 3.05) is 0 Å². The van der Waals surface area contributed by atoms with Gasteiger partial charge in [0.25, 0.3) is 0 Å². The molecule has 6 nitrogen and oxygen atoms in total. The molecule has 3 aromatic rings. The summed E-state index contributed by atoms with van der Waals surface area (Å²) in [5.74, 6) is 0.683. The van der Waals surface area contributed by atoms with E-state index in [4.69, 9.17) is 4.52 Å². The molecule has 0 spiro atoms. The number of aromatic nitrogens is 2. The summed E-state index contributed by atoms with van der Waals surface area (Å²) in [4.78, 5) is 5.32. The second-order valence-corrected chi connectivity index (χ2v) is 7.77. The van der Waals surface area contributed by atoms with Crippen molar-refractivity contribution in [2.45, 2.75) is 25.3 Å². The molecule has 1 aromatic carbocycles. The Bertz CT molecular complexity index is 915. The van der Waals surface area contributed by atoms with Crippen molar-refractivity contribution >= 4 is 21.4 Å². The second kappa shape index (κ2) is 6.23. The van der Waals surface area contributed by atoms with Crippen molar-refractivity contribution in [3.63, 3.8) is 0 Å². The van der Waals surface area contributed by atoms with Gasteiger partial charge in [0.2, 0.25) is 21.7 Å². The fourth-order valence-corrected chi connectivity index (χ4v) is 4.02. The molecule has 0 aliphatic heterocycles. The molecule has 8 heteroatoms. The highest BCUT2D eigenvalue weighted by Crippen LogP contribution is 2.21. The van der Waals surface area contributed by atoms with Crippen LogP contribution in [0.2, 0.25) is 0 Å². The van der Waals surface area contributed by atoms with Crippen LogP contribution in [0.5, 0.6) is 0 Å². The third-order valence-corrected chi connectivity index (χ3v) is 5.67. The van der Waals surface area contributed by atoms with Gasteiger partial charge in [-0.2, -0.15) is 4.98 Å². The van der Waals surface area contributed by atoms with Gasteiger partial charge in [-0.25, -0.2) is 13.1 Å². The van der Waals surface area contributed by atoms with E-state index in [1.807, 2.05) is 30.5 Å². The number of rotatable bonds is 5. The van der Waals surface area contributed by atoms with Crippen LogP contribution in [0.4, 0.5) is 0 Å². The van der Waals surface area contributed by atoms with Gasteiger partial charge in [0, 0.05) is 0 Å². The summed E-state index contributed by atoms with van der Waals surface area (Å²) >= 11 is 1.49. The van der Waals surface area contributed by atoms with Crippen LogP contribution >= 0.6 is 11.3 Å². The van der Waals surface area contributed by atoms with Crippen LogP contribution in [0.1, 0.15) is 17.0 Å². The summed E-state index contributed by atoms with van der Waals surface area (Å²) in [7, 11) is -3.63. The Labute approximate surface area is 138 Å². The minimum Gasteiger partial charge on any atom is -0.337 e. The molecule has 0 saturated heterocycles. The molecular weight excluding hydrogens is 334 g/mol. The molecule has 0 unspecified atom stereocenters. The normalized spacial score (nSPS) is 11.7. The summed E-state index contributed by atoms with van der Waals surface area (Å²) in [5, 5.41) is 5.76. The van der Waals surface area contributed by atoms with E-state index < -0.39 is 10.0 Å². The first-order valence-corrected chi connectivity index (χ1v) is 9.25. The molecule has 0 bridgehead atoms. The van der Waals surface area contributed by atoms with E-state index in [0.717, 1.165) is 10.4 Å². The fraction of sp³-hybridized carbons (Fsp3) is 0.200. The maximum Gasteiger partial charge on any atom is 0.242 e. The van der Waals surface area contributed by atoms with Crippen LogP contribution in [-0.2, 0) is 16.6 Å². The first-order chi connectivity index (χ1) is 11.0. The molecule has 23 heavy (non-hydrogen) atoms. The smallest absolute Gasteiger partial charge is 0.242 e. The average molecular weight is 349 g/mol. The maximum absolute atomic E-state index is 12.4. The average Bonchev–Trinajstić information content (AvgIpc) is 3.16. The maximum atomic E-state index is 12.4. The molecule has 0 radical (unpaired) electrons. The SMILES string of the molecule is Cc1ccc(S(=O)(=O)NCc2nc(-c3cccs3)no2)c(C)c1. The van der Waals surface area contributed by atoms with Gasteiger partial charge >= 0.3 is 0 Å². The molecule has 2 aromatic heterocycles. The lowest BCUT2D eigenvalue weighted by Gasteiger charge is -2.08. The molecule has 0 saturated carbocycles. The lowest BCUT2D eigenvalue weighted by Crippen LogP contribution is -2.24. The standard InChI is InChI=1S/C15H15N3O3S2/c1-10-5-6-13(11(2)8-10)23(19,20)16-9-14-17-15(18-21-14)12-4-3-7-22-12/h3-8,16H,9H2,1-2H3. The molecular formula is C15H15N3O3S2. The summed E-state index contributed by atoms with van der Waals surface area (Å²) in [6.07, 6.45) is 0. The number of nitrogens with one attached hydrogen (secondary N) is 1. The van der Waals surface area contributed by atoms with Crippen molar-refractivity contribution in [3.05, 3.63) is 52.7 Å². The molecule has 1 N–H and O–H groups in total. The molecule has 3 rings (SSSR count). The first-order valence-electron chi connectivity index (χ1n) is 6.89. The number of aryl methyl sites for hydroxylation is 2. The highest BCUT2D eigenvalue weighted by atomic mass is 32.2. The van der Waals surface area contributed by atoms with Crippen LogP contribution in [-0.4, -0.2) is 18.6 Å². The third kappa shape index (κ3) is 3.49. The molecule has 0 aliphatic rings. The zero-order chi connectivity index (χ0) is 16.4. The lowest BCUT2D eigenvalue weighted by atomic mass is 10.2. The molecule has 0 atom stereocenters. The Kier molecular flexibility index (Phi) is 4.29. The molecule has 2 heterocycles. The third-order valence-electron chi connectivity index (χ3n) is 3.24. The minimum atomic E-state index is -3.63. The summed E-state index contributed by atoms with van der Waals surface area (Å²) in [5.41, 5.74) is 1.71. The fourth-order valence-electron chi connectivity index (χ4n) is 2.17. The predicted octanol–water partition coefficient (Wildman–Crippen LogP) is 2.89. The monoisotopic (exact) mass is 349 g/mol. The number of hydrogen-bond acceptors (Lipinski definition) is 6. The Morgan fingerprint density at radius 1 is 1.26 bits per heavy atom. The quantitative estimate of drug-likeness (QED) is 0.765. The Hall–Kier alpha value is -2.03. The van der Waals surface area contributed by atoms with Gasteiger partial charge in [-0.05, 0) is 36.9 Å². The van der Waals surface area contributed by atoms with Crippen LogP contribution in [0.15, 0.2) is 45.1 Å². The van der Waals surface area contributed by atoms with Crippen molar-refractivity contribution in [1.29, 1.82) is 0 Å². The largest absolute Gasteiger partial charge is 0.337 e. The number of benzene rings is 1. The van der Waals surface area contributed by atoms with E-state index >= 15 is 0 Å². The van der Waals surface area contributed by atoms with E-state index in [0.29, 0.717) is 11.4 Å². The van der Waals surface area contributed by atoms with Gasteiger partial charge in [-0.1, -0.05) is 28.9 Å². The van der Waals surface area contributed by atoms with Gasteiger partial charge in [0.1, 0.15) is 0 Å². The van der Waals surface area contributed by atoms with E-state index in [-0.39, 0.29) is 17.3 Å². The summed E-state index contributed by atoms with van der Waals surface area (Å²) in [6.45, 7) is 3.64. The van der Waals surface area contributed by atoms with Crippen molar-refractivity contribution < 1.29 is 12.9 Å². The van der Waals surface area contributed by atoms with Gasteiger partial charge in [0.15, 0.2) is 0 Å². The topological polar surface area (TPSA) is 85.1 Å². The van der Waals surface area contributed by atoms with E-state index in [2.05, 4.69) is 14.9 Å². The van der Waals surface area contributed by atoms with Crippen molar-refractivity contribution in [1.82, 2.24) is 14.9 Å². The molecule has 0 amide bonds. The second-order valence-electron chi connectivity index (χ2n) is 5.08. The van der Waals surface area contributed by atoms with Crippen LogP contribution in [0.3, 0.4) is 0 Å². The van der Waals surface area contributed by atoms with E-state index in [1.54, 1.807) is 19.1 Å². The van der Waals surface area contributed by atoms with Gasteiger partial charge in [-0.3, -0.25) is 0 Å². The zero-order valence-electron chi connectivity index (χ0n) is 12.6. The highest BCUT2D eigenvalue weighted by molar-refractivity contribution is 7.89. The summed E-state index contributed by atoms with van der Waals surface area (Å²) < 4.78 is 32.3. The minimum absolute atomic E-state index is 0.0476. The molecule has 0 aliphatic carbocycles. The number of hydrogen-bond donors (Lipinski definition) is 1. The number of thiophene rings is 1. The first kappa shape index (κ1) is 15.9. The Balaban J connectivity index is 1.75. The number of nitrogens with zero attached hydrogens (tertiary/aromatic N) is 2. The van der Waals surface area contributed by atoms with Gasteiger partial charge in [-0.15, -0.1) is 11.3 Å². The van der Waals surface area contributed by atoms with E-state index in [1.165, 1.54) is 11.3 Å². The Morgan fingerprint density at radius 2 is 2.09 bits per heavy atom. The lowest BCUT2D eigenvalue weighted by molar-refractivity contribution is 0.376.